The highest BCUT2D eigenvalue weighted by Crippen LogP contribution is 2.37. The Morgan fingerprint density at radius 2 is 1.80 bits per heavy atom. The molecular weight excluding hydrogens is 231 g/mol. The Morgan fingerprint density at radius 3 is 2.07 bits per heavy atom. The SMILES string of the molecule is CC(O)(C(O)CP(=O)(O)O)C(O)C(=O)O. The van der Waals surface area contributed by atoms with Gasteiger partial charge >= 0.3 is 13.6 Å². The van der Waals surface area contributed by atoms with Crippen LogP contribution in [0.1, 0.15) is 6.92 Å². The monoisotopic (exact) mass is 244 g/mol. The molecule has 9 heteroatoms. The zero-order valence-electron chi connectivity index (χ0n) is 7.81. The summed E-state index contributed by atoms with van der Waals surface area (Å²) in [5.74, 6) is -1.80. The average molecular weight is 244 g/mol. The maximum Gasteiger partial charge on any atom is 0.335 e. The summed E-state index contributed by atoms with van der Waals surface area (Å²) in [4.78, 5) is 27.3. The number of aliphatic hydroxyl groups is 3. The van der Waals surface area contributed by atoms with Crippen LogP contribution in [0.5, 0.6) is 0 Å². The van der Waals surface area contributed by atoms with Gasteiger partial charge in [0.25, 0.3) is 0 Å². The predicted octanol–water partition coefficient (Wildman–Crippen LogP) is -2.28. The number of hydrogen-bond donors (Lipinski definition) is 6. The summed E-state index contributed by atoms with van der Waals surface area (Å²) < 4.78 is 10.5. The topological polar surface area (TPSA) is 156 Å². The van der Waals surface area contributed by atoms with Crippen LogP contribution in [0, 0.1) is 0 Å². The van der Waals surface area contributed by atoms with E-state index < -0.39 is 37.5 Å². The minimum absolute atomic E-state index is 0.770. The lowest BCUT2D eigenvalue weighted by atomic mass is 9.93. The first-order valence-electron chi connectivity index (χ1n) is 3.84. The number of hydrogen-bond acceptors (Lipinski definition) is 5. The molecule has 0 rings (SSSR count). The summed E-state index contributed by atoms with van der Waals surface area (Å²) in [5.41, 5.74) is -2.53. The number of carbonyl (C=O) groups is 1. The van der Waals surface area contributed by atoms with Gasteiger partial charge in [-0.2, -0.15) is 0 Å². The molecule has 0 heterocycles. The van der Waals surface area contributed by atoms with Crippen molar-refractivity contribution in [1.82, 2.24) is 0 Å². The molecule has 0 bridgehead atoms. The summed E-state index contributed by atoms with van der Waals surface area (Å²) in [6, 6.07) is 0. The lowest BCUT2D eigenvalue weighted by Crippen LogP contribution is -2.54. The quantitative estimate of drug-likeness (QED) is 0.295. The Balaban J connectivity index is 4.73. The molecule has 90 valence electrons. The summed E-state index contributed by atoms with van der Waals surface area (Å²) >= 11 is 0. The van der Waals surface area contributed by atoms with Gasteiger partial charge in [0.05, 0.1) is 12.3 Å². The molecule has 0 spiro atoms. The molecule has 0 aliphatic rings. The third-order valence-corrected chi connectivity index (χ3v) is 2.69. The molecule has 0 aromatic heterocycles. The first-order valence-corrected chi connectivity index (χ1v) is 5.64. The van der Waals surface area contributed by atoms with E-state index in [1.807, 2.05) is 0 Å². The van der Waals surface area contributed by atoms with E-state index in [0.29, 0.717) is 0 Å². The third-order valence-electron chi connectivity index (χ3n) is 1.87. The van der Waals surface area contributed by atoms with Gasteiger partial charge in [0.15, 0.2) is 6.10 Å². The van der Waals surface area contributed by atoms with E-state index in [-0.39, 0.29) is 0 Å². The van der Waals surface area contributed by atoms with E-state index in [1.54, 1.807) is 0 Å². The highest BCUT2D eigenvalue weighted by Gasteiger charge is 2.44. The minimum atomic E-state index is -4.60. The molecule has 0 aliphatic carbocycles. The maximum absolute atomic E-state index is 10.5. The molecule has 0 aromatic carbocycles. The normalized spacial score (nSPS) is 20.4. The van der Waals surface area contributed by atoms with E-state index in [4.69, 9.17) is 25.1 Å². The van der Waals surface area contributed by atoms with Gasteiger partial charge in [-0.1, -0.05) is 0 Å². The molecule has 0 fully saturated rings. The Labute approximate surface area is 85.0 Å². The van der Waals surface area contributed by atoms with Gasteiger partial charge in [-0.25, -0.2) is 4.79 Å². The number of aliphatic hydroxyl groups excluding tert-OH is 2. The molecule has 3 atom stereocenters. The van der Waals surface area contributed by atoms with Crippen molar-refractivity contribution in [1.29, 1.82) is 0 Å². The van der Waals surface area contributed by atoms with Gasteiger partial charge < -0.3 is 30.2 Å². The van der Waals surface area contributed by atoms with Crippen molar-refractivity contribution in [2.75, 3.05) is 6.16 Å². The lowest BCUT2D eigenvalue weighted by molar-refractivity contribution is -0.174. The highest BCUT2D eigenvalue weighted by molar-refractivity contribution is 7.51. The van der Waals surface area contributed by atoms with E-state index in [2.05, 4.69) is 0 Å². The van der Waals surface area contributed by atoms with Crippen molar-refractivity contribution < 1.29 is 39.6 Å². The fourth-order valence-electron chi connectivity index (χ4n) is 0.842. The van der Waals surface area contributed by atoms with E-state index in [1.165, 1.54) is 0 Å². The number of carboxylic acids is 1. The van der Waals surface area contributed by atoms with Gasteiger partial charge in [-0.05, 0) is 6.92 Å². The Kier molecular flexibility index (Phi) is 4.41. The molecule has 0 radical (unpaired) electrons. The molecule has 0 saturated heterocycles. The molecule has 3 unspecified atom stereocenters. The highest BCUT2D eigenvalue weighted by atomic mass is 31.2. The van der Waals surface area contributed by atoms with E-state index >= 15 is 0 Å². The molecule has 8 nitrogen and oxygen atoms in total. The number of carboxylic acid groups (broad SMARTS) is 1. The van der Waals surface area contributed by atoms with Crippen LogP contribution in [0.4, 0.5) is 0 Å². The molecule has 0 aliphatic heterocycles. The number of aliphatic carboxylic acids is 1. The molecule has 0 saturated carbocycles. The summed E-state index contributed by atoms with van der Waals surface area (Å²) in [6.07, 6.45) is -5.52. The minimum Gasteiger partial charge on any atom is -0.479 e. The van der Waals surface area contributed by atoms with Crippen LogP contribution in [-0.2, 0) is 9.36 Å². The summed E-state index contributed by atoms with van der Waals surface area (Å²) in [6.45, 7) is 0.770. The standard InChI is InChI=1S/C6H13O8P/c1-6(11,4(8)5(9)10)3(7)2-15(12,13)14/h3-4,7-8,11H,2H2,1H3,(H,9,10)(H2,12,13,14). The smallest absolute Gasteiger partial charge is 0.335 e. The van der Waals surface area contributed by atoms with Gasteiger partial charge in [0.2, 0.25) is 0 Å². The second-order valence-corrected chi connectivity index (χ2v) is 5.02. The van der Waals surface area contributed by atoms with Gasteiger partial charge in [-0.3, -0.25) is 4.57 Å². The first kappa shape index (κ1) is 14.5. The van der Waals surface area contributed by atoms with E-state index in [0.717, 1.165) is 6.92 Å². The van der Waals surface area contributed by atoms with E-state index in [9.17, 15) is 14.5 Å². The van der Waals surface area contributed by atoms with Gasteiger partial charge in [-0.15, -0.1) is 0 Å². The van der Waals surface area contributed by atoms with Crippen molar-refractivity contribution >= 4 is 13.6 Å². The molecule has 15 heavy (non-hydrogen) atoms. The van der Waals surface area contributed by atoms with Crippen molar-refractivity contribution in [2.45, 2.75) is 24.7 Å². The van der Waals surface area contributed by atoms with Crippen LogP contribution in [-0.4, -0.2) is 60.2 Å². The zero-order valence-corrected chi connectivity index (χ0v) is 8.70. The van der Waals surface area contributed by atoms with Crippen molar-refractivity contribution in [3.63, 3.8) is 0 Å². The predicted molar refractivity (Wildman–Crippen MR) is 47.2 cm³/mol. The van der Waals surface area contributed by atoms with Gasteiger partial charge in [0, 0.05) is 0 Å². The zero-order chi connectivity index (χ0) is 12.4. The van der Waals surface area contributed by atoms with Crippen LogP contribution in [0.25, 0.3) is 0 Å². The molecule has 6 N–H and O–H groups in total. The summed E-state index contributed by atoms with van der Waals surface area (Å²) in [5, 5.41) is 35.8. The Hall–Kier alpha value is -0.500. The van der Waals surface area contributed by atoms with Crippen LogP contribution in [0.3, 0.4) is 0 Å². The largest absolute Gasteiger partial charge is 0.479 e. The Bertz CT molecular complexity index is 281. The van der Waals surface area contributed by atoms with Crippen LogP contribution >= 0.6 is 7.60 Å². The average Bonchev–Trinajstić information content (AvgIpc) is 1.99. The lowest BCUT2D eigenvalue weighted by Gasteiger charge is -2.31. The maximum atomic E-state index is 10.5. The molecule has 0 aromatic rings. The second-order valence-electron chi connectivity index (χ2n) is 3.33. The van der Waals surface area contributed by atoms with Crippen LogP contribution in [0.2, 0.25) is 0 Å². The van der Waals surface area contributed by atoms with Gasteiger partial charge in [0.1, 0.15) is 5.60 Å². The first-order chi connectivity index (χ1) is 6.48. The fraction of sp³-hybridized carbons (Fsp3) is 0.833. The number of rotatable bonds is 5. The van der Waals surface area contributed by atoms with Crippen molar-refractivity contribution in [2.24, 2.45) is 0 Å². The van der Waals surface area contributed by atoms with Crippen molar-refractivity contribution in [3.8, 4) is 0 Å². The van der Waals surface area contributed by atoms with Crippen LogP contribution in [0.15, 0.2) is 0 Å². The Morgan fingerprint density at radius 1 is 1.40 bits per heavy atom. The third kappa shape index (κ3) is 4.25. The molecule has 0 amide bonds. The van der Waals surface area contributed by atoms with Crippen molar-refractivity contribution in [3.05, 3.63) is 0 Å². The fourth-order valence-corrected chi connectivity index (χ4v) is 1.66. The summed E-state index contributed by atoms with van der Waals surface area (Å²) in [7, 11) is -4.60. The second kappa shape index (κ2) is 4.56. The van der Waals surface area contributed by atoms with Crippen LogP contribution < -0.4 is 0 Å². The molecular formula is C6H13O8P.